The Hall–Kier alpha value is -2.31. The molecule has 0 radical (unpaired) electrons. The van der Waals surface area contributed by atoms with Crippen LogP contribution in [0, 0.1) is 5.92 Å². The van der Waals surface area contributed by atoms with E-state index >= 15 is 0 Å². The first-order valence-electron chi connectivity index (χ1n) is 8.64. The Labute approximate surface area is 172 Å². The molecule has 0 spiro atoms. The first-order valence-corrected chi connectivity index (χ1v) is 10.5. The van der Waals surface area contributed by atoms with E-state index in [0.29, 0.717) is 16.8 Å². The number of hydrogen-bond donors (Lipinski definition) is 2. The number of rotatable bonds is 5. The number of halogens is 2. The number of thioether (sulfide) groups is 1. The Balaban J connectivity index is 1.56. The number of carbonyl (C=O) groups is 1. The summed E-state index contributed by atoms with van der Waals surface area (Å²) in [7, 11) is 0. The number of carbonyl (C=O) groups excluding carboxylic acids is 1. The summed E-state index contributed by atoms with van der Waals surface area (Å²) >= 11 is 2.81. The smallest absolute Gasteiger partial charge is 0.312 e. The van der Waals surface area contributed by atoms with E-state index < -0.39 is 29.5 Å². The number of amides is 1. The van der Waals surface area contributed by atoms with Gasteiger partial charge in [-0.15, -0.1) is 17.9 Å². The van der Waals surface area contributed by atoms with E-state index in [-0.39, 0.29) is 17.8 Å². The Kier molecular flexibility index (Phi) is 5.40. The first-order chi connectivity index (χ1) is 13.9. The van der Waals surface area contributed by atoms with Crippen LogP contribution < -0.4 is 11.1 Å². The molecular weight excluding hydrogens is 424 g/mol. The molecule has 0 aliphatic carbocycles. The van der Waals surface area contributed by atoms with Gasteiger partial charge in [-0.05, 0) is 6.42 Å². The Morgan fingerprint density at radius 1 is 1.48 bits per heavy atom. The van der Waals surface area contributed by atoms with Gasteiger partial charge in [0.2, 0.25) is 0 Å². The number of ether oxygens (including phenoxy) is 1. The summed E-state index contributed by atoms with van der Waals surface area (Å²) in [6.45, 7) is 4.10. The van der Waals surface area contributed by atoms with Crippen molar-refractivity contribution in [3.63, 3.8) is 0 Å². The van der Waals surface area contributed by atoms with E-state index in [1.807, 2.05) is 0 Å². The molecule has 2 aliphatic rings. The van der Waals surface area contributed by atoms with Gasteiger partial charge in [0.1, 0.15) is 28.3 Å². The summed E-state index contributed by atoms with van der Waals surface area (Å²) in [5, 5.41) is 5.27. The number of oxazole rings is 1. The highest BCUT2D eigenvalue weighted by Gasteiger charge is 2.49. The van der Waals surface area contributed by atoms with Crippen LogP contribution in [0.25, 0.3) is 0 Å². The summed E-state index contributed by atoms with van der Waals surface area (Å²) < 4.78 is 35.9. The average Bonchev–Trinajstić information content (AvgIpc) is 3.37. The molecular formula is C17H17F2N5O3S2. The zero-order valence-electron chi connectivity index (χ0n) is 15.0. The molecule has 8 nitrogen and oxygen atoms in total. The Bertz CT molecular complexity index is 963. The first kappa shape index (κ1) is 20.0. The van der Waals surface area contributed by atoms with Gasteiger partial charge in [-0.3, -0.25) is 4.79 Å². The second-order valence-electron chi connectivity index (χ2n) is 6.57. The van der Waals surface area contributed by atoms with Crippen LogP contribution in [0.4, 0.5) is 14.6 Å². The van der Waals surface area contributed by atoms with Gasteiger partial charge in [0.05, 0.1) is 12.7 Å². The molecule has 4 heterocycles. The third kappa shape index (κ3) is 3.79. The molecule has 3 atom stereocenters. The molecule has 1 saturated heterocycles. The molecule has 4 rings (SSSR count). The predicted molar refractivity (Wildman–Crippen MR) is 105 cm³/mol. The molecule has 0 bridgehead atoms. The van der Waals surface area contributed by atoms with Crippen molar-refractivity contribution in [2.45, 2.75) is 24.5 Å². The number of nitrogens with one attached hydrogen (secondary N) is 1. The quantitative estimate of drug-likeness (QED) is 0.685. The summed E-state index contributed by atoms with van der Waals surface area (Å²) in [6, 6.07) is 0. The summed E-state index contributed by atoms with van der Waals surface area (Å²) in [5.74, 6) is -0.0603. The lowest BCUT2D eigenvalue weighted by atomic mass is 9.80. The SMILES string of the molecule is C=C[C@H]1C[C@H]2CSC(N)=N[C@@]2(c2nc(NC(=O)c3nc(C(F)F)co3)cs2)CO1. The summed E-state index contributed by atoms with van der Waals surface area (Å²) in [6.07, 6.45) is 0.383. The fourth-order valence-corrected chi connectivity index (χ4v) is 5.25. The number of aromatic nitrogens is 2. The average molecular weight is 441 g/mol. The maximum Gasteiger partial charge on any atom is 0.312 e. The highest BCUT2D eigenvalue weighted by Crippen LogP contribution is 2.47. The minimum absolute atomic E-state index is 0.0588. The normalized spacial score (nSPS) is 26.7. The van der Waals surface area contributed by atoms with E-state index in [1.54, 1.807) is 11.5 Å². The van der Waals surface area contributed by atoms with Crippen LogP contribution in [0.2, 0.25) is 0 Å². The van der Waals surface area contributed by atoms with Gasteiger partial charge in [0, 0.05) is 17.1 Å². The van der Waals surface area contributed by atoms with E-state index in [1.165, 1.54) is 23.1 Å². The molecule has 1 amide bonds. The fourth-order valence-electron chi connectivity index (χ4n) is 3.28. The van der Waals surface area contributed by atoms with Gasteiger partial charge in [-0.25, -0.2) is 23.7 Å². The van der Waals surface area contributed by atoms with Crippen molar-refractivity contribution in [1.82, 2.24) is 9.97 Å². The fraction of sp³-hybridized carbons (Fsp3) is 0.412. The van der Waals surface area contributed by atoms with Crippen molar-refractivity contribution >= 4 is 40.0 Å². The molecule has 2 aromatic rings. The lowest BCUT2D eigenvalue weighted by Crippen LogP contribution is -2.49. The monoisotopic (exact) mass is 441 g/mol. The number of hydrogen-bond acceptors (Lipinski definition) is 9. The van der Waals surface area contributed by atoms with Crippen molar-refractivity contribution in [2.24, 2.45) is 16.6 Å². The van der Waals surface area contributed by atoms with Gasteiger partial charge in [-0.2, -0.15) is 0 Å². The molecule has 0 aromatic carbocycles. The third-order valence-corrected chi connectivity index (χ3v) is 6.74. The topological polar surface area (TPSA) is 116 Å². The molecule has 12 heteroatoms. The van der Waals surface area contributed by atoms with Crippen LogP contribution in [-0.4, -0.2) is 39.5 Å². The van der Waals surface area contributed by atoms with Crippen LogP contribution in [0.15, 0.2) is 33.7 Å². The van der Waals surface area contributed by atoms with Crippen LogP contribution in [0.3, 0.4) is 0 Å². The second kappa shape index (κ2) is 7.84. The Morgan fingerprint density at radius 3 is 3.03 bits per heavy atom. The Morgan fingerprint density at radius 2 is 2.31 bits per heavy atom. The lowest BCUT2D eigenvalue weighted by molar-refractivity contribution is -0.0329. The van der Waals surface area contributed by atoms with Gasteiger partial charge in [-0.1, -0.05) is 17.8 Å². The van der Waals surface area contributed by atoms with Crippen LogP contribution in [0.5, 0.6) is 0 Å². The van der Waals surface area contributed by atoms with E-state index in [4.69, 9.17) is 14.9 Å². The van der Waals surface area contributed by atoms with Crippen LogP contribution in [-0.2, 0) is 10.3 Å². The van der Waals surface area contributed by atoms with Crippen molar-refractivity contribution in [2.75, 3.05) is 17.7 Å². The van der Waals surface area contributed by atoms with Crippen LogP contribution in [0.1, 0.15) is 34.2 Å². The zero-order chi connectivity index (χ0) is 20.6. The number of alkyl halides is 2. The molecule has 1 fully saturated rings. The number of fused-ring (bicyclic) bond motifs is 1. The van der Waals surface area contributed by atoms with Gasteiger partial charge in [0.15, 0.2) is 5.17 Å². The summed E-state index contributed by atoms with van der Waals surface area (Å²) in [4.78, 5) is 24.8. The number of amidine groups is 1. The molecule has 0 saturated carbocycles. The highest BCUT2D eigenvalue weighted by atomic mass is 32.2. The number of nitrogens with two attached hydrogens (primary N) is 1. The van der Waals surface area contributed by atoms with Gasteiger partial charge >= 0.3 is 5.91 Å². The minimum atomic E-state index is -2.82. The van der Waals surface area contributed by atoms with E-state index in [0.717, 1.165) is 18.4 Å². The maximum absolute atomic E-state index is 12.6. The lowest BCUT2D eigenvalue weighted by Gasteiger charge is -2.44. The van der Waals surface area contributed by atoms with Crippen molar-refractivity contribution in [3.8, 4) is 0 Å². The predicted octanol–water partition coefficient (Wildman–Crippen LogP) is 3.17. The molecule has 154 valence electrons. The third-order valence-electron chi connectivity index (χ3n) is 4.77. The number of thiazole rings is 1. The largest absolute Gasteiger partial charge is 0.440 e. The molecule has 2 aliphatic heterocycles. The molecule has 29 heavy (non-hydrogen) atoms. The molecule has 3 N–H and O–H groups in total. The van der Waals surface area contributed by atoms with E-state index in [2.05, 4.69) is 26.9 Å². The van der Waals surface area contributed by atoms with Crippen molar-refractivity contribution < 1.29 is 22.7 Å². The minimum Gasteiger partial charge on any atom is -0.440 e. The maximum atomic E-state index is 12.6. The number of anilines is 1. The van der Waals surface area contributed by atoms with Crippen LogP contribution >= 0.6 is 23.1 Å². The van der Waals surface area contributed by atoms with E-state index in [9.17, 15) is 13.6 Å². The summed E-state index contributed by atoms with van der Waals surface area (Å²) in [5.41, 5.74) is 4.66. The standard InChI is InChI=1S/C17H17F2N5O3S2/c1-2-9-3-8-5-29-16(20)24-17(8,7-27-9)15-23-11(6-28-15)22-13(25)14-21-10(4-26-14)12(18)19/h2,4,6,8-9,12H,1,3,5,7H2,(H2,20,24)(H,22,25)/t8-,9-,17-/m0/s1. The van der Waals surface area contributed by atoms with Crippen molar-refractivity contribution in [1.29, 1.82) is 0 Å². The highest BCUT2D eigenvalue weighted by molar-refractivity contribution is 8.13. The second-order valence-corrected chi connectivity index (χ2v) is 8.47. The number of aliphatic imine (C=N–C) groups is 1. The van der Waals surface area contributed by atoms with Crippen molar-refractivity contribution in [3.05, 3.63) is 40.9 Å². The van der Waals surface area contributed by atoms with Gasteiger partial charge < -0.3 is 20.2 Å². The molecule has 2 aromatic heterocycles. The van der Waals surface area contributed by atoms with Gasteiger partial charge in [0.25, 0.3) is 12.3 Å². The molecule has 0 unspecified atom stereocenters. The number of nitrogens with zero attached hydrogens (tertiary/aromatic N) is 3. The zero-order valence-corrected chi connectivity index (χ0v) is 16.6.